The molecule has 7 heteroatoms. The molecule has 1 atom stereocenters. The van der Waals surface area contributed by atoms with E-state index in [0.717, 1.165) is 0 Å². The zero-order valence-corrected chi connectivity index (χ0v) is 10.1. The van der Waals surface area contributed by atoms with Gasteiger partial charge in [-0.15, -0.1) is 0 Å². The van der Waals surface area contributed by atoms with Crippen molar-refractivity contribution in [1.82, 2.24) is 9.78 Å². The lowest BCUT2D eigenvalue weighted by atomic mass is 10.1. The second kappa shape index (κ2) is 3.68. The molecule has 1 aromatic heterocycles. The van der Waals surface area contributed by atoms with Crippen molar-refractivity contribution in [1.29, 1.82) is 0 Å². The highest BCUT2D eigenvalue weighted by atomic mass is 19.1. The van der Waals surface area contributed by atoms with Crippen LogP contribution in [-0.2, 0) is 7.05 Å². The molecule has 0 N–H and O–H groups in total. The van der Waals surface area contributed by atoms with Crippen LogP contribution in [-0.4, -0.2) is 33.5 Å². The topological polar surface area (TPSA) is 64.2 Å². The van der Waals surface area contributed by atoms with Crippen LogP contribution in [0.2, 0.25) is 0 Å². The van der Waals surface area contributed by atoms with Gasteiger partial charge in [-0.3, -0.25) is 10.1 Å². The molecule has 0 aliphatic carbocycles. The molecule has 0 unspecified atom stereocenters. The van der Waals surface area contributed by atoms with Crippen molar-refractivity contribution in [2.75, 3.05) is 18.0 Å². The lowest BCUT2D eigenvalue weighted by molar-refractivity contribution is -0.384. The number of hydrogen-bond acceptors (Lipinski definition) is 4. The fraction of sp³-hybridized carbons (Fsp3) is 0.700. The van der Waals surface area contributed by atoms with E-state index < -0.39 is 10.6 Å². The molecule has 6 nitrogen and oxygen atoms in total. The summed E-state index contributed by atoms with van der Waals surface area (Å²) in [4.78, 5) is 12.2. The van der Waals surface area contributed by atoms with Gasteiger partial charge in [-0.05, 0) is 13.8 Å². The van der Waals surface area contributed by atoms with Crippen LogP contribution in [0.25, 0.3) is 0 Å². The maximum absolute atomic E-state index is 13.8. The second-order valence-electron chi connectivity index (χ2n) is 4.72. The quantitative estimate of drug-likeness (QED) is 0.583. The first-order valence-electron chi connectivity index (χ1n) is 5.44. The number of halogens is 1. The van der Waals surface area contributed by atoms with E-state index >= 15 is 0 Å². The summed E-state index contributed by atoms with van der Waals surface area (Å²) in [7, 11) is 1.64. The van der Waals surface area contributed by atoms with Gasteiger partial charge in [0, 0.05) is 20.0 Å². The fourth-order valence-corrected chi connectivity index (χ4v) is 2.31. The zero-order chi connectivity index (χ0) is 12.8. The SMILES string of the molecule is Cc1nn(C)c(N2CC[C@](C)(F)C2)c1[N+](=O)[O-]. The van der Waals surface area contributed by atoms with E-state index in [1.807, 2.05) is 0 Å². The Balaban J connectivity index is 2.42. The first kappa shape index (κ1) is 11.8. The van der Waals surface area contributed by atoms with E-state index in [0.29, 0.717) is 24.5 Å². The normalized spacial score (nSPS) is 24.4. The van der Waals surface area contributed by atoms with Crippen LogP contribution >= 0.6 is 0 Å². The van der Waals surface area contributed by atoms with Crippen LogP contribution in [0.1, 0.15) is 19.0 Å². The molecule has 17 heavy (non-hydrogen) atoms. The third-order valence-corrected chi connectivity index (χ3v) is 3.07. The smallest absolute Gasteiger partial charge is 0.333 e. The lowest BCUT2D eigenvalue weighted by Gasteiger charge is -2.18. The average Bonchev–Trinajstić information content (AvgIpc) is 2.66. The van der Waals surface area contributed by atoms with Crippen molar-refractivity contribution in [2.45, 2.75) is 25.9 Å². The van der Waals surface area contributed by atoms with Gasteiger partial charge < -0.3 is 4.90 Å². The van der Waals surface area contributed by atoms with E-state index in [1.54, 1.807) is 18.9 Å². The van der Waals surface area contributed by atoms with Crippen LogP contribution < -0.4 is 4.90 Å². The third kappa shape index (κ3) is 1.96. The number of aromatic nitrogens is 2. The molecule has 0 saturated carbocycles. The molecule has 1 aromatic rings. The van der Waals surface area contributed by atoms with Gasteiger partial charge in [-0.25, -0.2) is 9.07 Å². The molecule has 1 fully saturated rings. The van der Waals surface area contributed by atoms with Gasteiger partial charge in [0.2, 0.25) is 5.82 Å². The standard InChI is InChI=1S/C10H15FN4O2/c1-7-8(15(16)17)9(13(3)12-7)14-5-4-10(2,11)6-14/h4-6H2,1-3H3/t10-/m0/s1. The van der Waals surface area contributed by atoms with Gasteiger partial charge in [0.25, 0.3) is 0 Å². The summed E-state index contributed by atoms with van der Waals surface area (Å²) in [6, 6.07) is 0. The number of nitrogens with zero attached hydrogens (tertiary/aromatic N) is 4. The summed E-state index contributed by atoms with van der Waals surface area (Å²) < 4.78 is 15.2. The molecule has 0 spiro atoms. The van der Waals surface area contributed by atoms with E-state index in [4.69, 9.17) is 0 Å². The number of aryl methyl sites for hydroxylation is 2. The Morgan fingerprint density at radius 1 is 1.59 bits per heavy atom. The summed E-state index contributed by atoms with van der Waals surface area (Å²) in [5, 5.41) is 15.0. The molecule has 94 valence electrons. The minimum absolute atomic E-state index is 0.0230. The van der Waals surface area contributed by atoms with Crippen molar-refractivity contribution in [2.24, 2.45) is 7.05 Å². The Morgan fingerprint density at radius 2 is 2.24 bits per heavy atom. The maximum atomic E-state index is 13.8. The molecule has 1 aliphatic heterocycles. The number of rotatable bonds is 2. The Bertz CT molecular complexity index is 469. The van der Waals surface area contributed by atoms with E-state index in [9.17, 15) is 14.5 Å². The molecular formula is C10H15FN4O2. The number of nitro groups is 1. The monoisotopic (exact) mass is 242 g/mol. The largest absolute Gasteiger partial charge is 0.348 e. The Labute approximate surface area is 98.2 Å². The molecule has 1 saturated heterocycles. The molecule has 0 amide bonds. The Hall–Kier alpha value is -1.66. The molecule has 0 radical (unpaired) electrons. The molecule has 1 aliphatic rings. The fourth-order valence-electron chi connectivity index (χ4n) is 2.31. The van der Waals surface area contributed by atoms with E-state index in [-0.39, 0.29) is 12.2 Å². The number of anilines is 1. The third-order valence-electron chi connectivity index (χ3n) is 3.07. The minimum Gasteiger partial charge on any atom is -0.348 e. The van der Waals surface area contributed by atoms with Gasteiger partial charge in [-0.2, -0.15) is 5.10 Å². The number of hydrogen-bond donors (Lipinski definition) is 0. The summed E-state index contributed by atoms with van der Waals surface area (Å²) >= 11 is 0. The molecular weight excluding hydrogens is 227 g/mol. The van der Waals surface area contributed by atoms with Gasteiger partial charge in [0.1, 0.15) is 11.4 Å². The van der Waals surface area contributed by atoms with Crippen molar-refractivity contribution in [3.63, 3.8) is 0 Å². The second-order valence-corrected chi connectivity index (χ2v) is 4.72. The number of alkyl halides is 1. The van der Waals surface area contributed by atoms with Crippen LogP contribution in [0.15, 0.2) is 0 Å². The molecule has 2 rings (SSSR count). The Morgan fingerprint density at radius 3 is 2.71 bits per heavy atom. The first-order valence-corrected chi connectivity index (χ1v) is 5.44. The highest BCUT2D eigenvalue weighted by Gasteiger charge is 2.38. The highest BCUT2D eigenvalue weighted by molar-refractivity contribution is 5.62. The summed E-state index contributed by atoms with van der Waals surface area (Å²) in [5.74, 6) is 0.397. The summed E-state index contributed by atoms with van der Waals surface area (Å²) in [5.41, 5.74) is -0.948. The van der Waals surface area contributed by atoms with E-state index in [2.05, 4.69) is 5.10 Å². The zero-order valence-electron chi connectivity index (χ0n) is 10.1. The van der Waals surface area contributed by atoms with Crippen LogP contribution in [0.3, 0.4) is 0 Å². The van der Waals surface area contributed by atoms with Crippen LogP contribution in [0.5, 0.6) is 0 Å². The van der Waals surface area contributed by atoms with Crippen molar-refractivity contribution >= 4 is 11.5 Å². The van der Waals surface area contributed by atoms with Gasteiger partial charge in [0.15, 0.2) is 0 Å². The lowest BCUT2D eigenvalue weighted by Crippen LogP contribution is -2.27. The van der Waals surface area contributed by atoms with Gasteiger partial charge >= 0.3 is 5.69 Å². The van der Waals surface area contributed by atoms with Crippen LogP contribution in [0, 0.1) is 17.0 Å². The van der Waals surface area contributed by atoms with Crippen molar-refractivity contribution < 1.29 is 9.31 Å². The molecule has 2 heterocycles. The van der Waals surface area contributed by atoms with Crippen molar-refractivity contribution in [3.05, 3.63) is 15.8 Å². The predicted octanol–water partition coefficient (Wildman–Crippen LogP) is 1.58. The first-order chi connectivity index (χ1) is 7.82. The van der Waals surface area contributed by atoms with Gasteiger partial charge in [-0.1, -0.05) is 0 Å². The predicted molar refractivity (Wildman–Crippen MR) is 60.9 cm³/mol. The van der Waals surface area contributed by atoms with Crippen molar-refractivity contribution in [3.8, 4) is 0 Å². The van der Waals surface area contributed by atoms with Gasteiger partial charge in [0.05, 0.1) is 11.5 Å². The summed E-state index contributed by atoms with van der Waals surface area (Å²) in [6.45, 7) is 3.76. The van der Waals surface area contributed by atoms with E-state index in [1.165, 1.54) is 11.6 Å². The highest BCUT2D eigenvalue weighted by Crippen LogP contribution is 2.36. The average molecular weight is 242 g/mol. The molecule has 0 aromatic carbocycles. The maximum Gasteiger partial charge on any atom is 0.333 e. The molecule has 0 bridgehead atoms. The van der Waals surface area contributed by atoms with Crippen LogP contribution in [0.4, 0.5) is 15.9 Å². The Kier molecular flexibility index (Phi) is 2.56. The minimum atomic E-state index is -1.29. The summed E-state index contributed by atoms with van der Waals surface area (Å²) in [6.07, 6.45) is 0.383.